The summed E-state index contributed by atoms with van der Waals surface area (Å²) in [5.41, 5.74) is 5.94. The minimum Gasteiger partial charge on any atom is -0.316 e. The molecule has 0 aromatic rings. The van der Waals surface area contributed by atoms with Crippen LogP contribution in [0, 0.1) is 5.92 Å². The van der Waals surface area contributed by atoms with Gasteiger partial charge in [-0.1, -0.05) is 0 Å². The molecule has 0 aliphatic carbocycles. The van der Waals surface area contributed by atoms with Gasteiger partial charge in [0, 0.05) is 0 Å². The molecule has 1 atom stereocenters. The van der Waals surface area contributed by atoms with Crippen molar-refractivity contribution in [2.24, 2.45) is 11.7 Å². The van der Waals surface area contributed by atoms with E-state index in [1.807, 2.05) is 0 Å². The largest absolute Gasteiger partial charge is 0.316 e. The van der Waals surface area contributed by atoms with Gasteiger partial charge in [-0.15, -0.1) is 0 Å². The number of nitrogens with two attached hydrogens (primary N) is 1. The average molecular weight is 140 g/mol. The molecule has 0 aromatic heterocycles. The fourth-order valence-corrected chi connectivity index (χ4v) is 2.16. The van der Waals surface area contributed by atoms with Crippen molar-refractivity contribution in [2.75, 3.05) is 13.1 Å². The number of fused-ring (bicyclic) bond motifs is 4. The summed E-state index contributed by atoms with van der Waals surface area (Å²) >= 11 is 0. The number of rotatable bonds is 0. The second-order valence-corrected chi connectivity index (χ2v) is 3.62. The lowest BCUT2D eigenvalue weighted by molar-refractivity contribution is 0.173. The van der Waals surface area contributed by atoms with Crippen LogP contribution in [0.15, 0.2) is 0 Å². The van der Waals surface area contributed by atoms with Crippen LogP contribution in [0.5, 0.6) is 0 Å². The summed E-state index contributed by atoms with van der Waals surface area (Å²) in [4.78, 5) is 2.43. The van der Waals surface area contributed by atoms with Gasteiger partial charge in [0.05, 0.1) is 6.17 Å². The van der Waals surface area contributed by atoms with E-state index >= 15 is 0 Å². The Balaban J connectivity index is 2.07. The van der Waals surface area contributed by atoms with Crippen molar-refractivity contribution in [2.45, 2.75) is 31.8 Å². The molecule has 3 rings (SSSR count). The van der Waals surface area contributed by atoms with Crippen molar-refractivity contribution in [1.82, 2.24) is 4.90 Å². The molecule has 2 nitrogen and oxygen atoms in total. The molecule has 2 heteroatoms. The molecular formula is C8H16N2. The van der Waals surface area contributed by atoms with Gasteiger partial charge in [0.15, 0.2) is 0 Å². The Labute approximate surface area is 62.4 Å². The zero-order valence-corrected chi connectivity index (χ0v) is 6.42. The van der Waals surface area contributed by atoms with E-state index in [2.05, 4.69) is 4.90 Å². The Hall–Kier alpha value is -0.0800. The Morgan fingerprint density at radius 1 is 1.00 bits per heavy atom. The first-order chi connectivity index (χ1) is 4.86. The molecule has 2 bridgehead atoms. The molecule has 0 amide bonds. The summed E-state index contributed by atoms with van der Waals surface area (Å²) in [5.74, 6) is 1.00. The highest BCUT2D eigenvalue weighted by atomic mass is 15.2. The van der Waals surface area contributed by atoms with E-state index in [-0.39, 0.29) is 0 Å². The SMILES string of the molecule is NC1CCC2CCN1CC2. The molecule has 10 heavy (non-hydrogen) atoms. The predicted octanol–water partition coefficient (Wildman–Crippen LogP) is 0.777. The van der Waals surface area contributed by atoms with Gasteiger partial charge >= 0.3 is 0 Å². The van der Waals surface area contributed by atoms with Crippen LogP contribution in [-0.2, 0) is 0 Å². The highest BCUT2D eigenvalue weighted by molar-refractivity contribution is 4.80. The van der Waals surface area contributed by atoms with Gasteiger partial charge in [-0.2, -0.15) is 0 Å². The molecule has 1 unspecified atom stereocenters. The van der Waals surface area contributed by atoms with E-state index in [9.17, 15) is 0 Å². The van der Waals surface area contributed by atoms with Crippen LogP contribution in [0.4, 0.5) is 0 Å². The second kappa shape index (κ2) is 2.51. The van der Waals surface area contributed by atoms with Crippen molar-refractivity contribution in [3.05, 3.63) is 0 Å². The molecule has 0 saturated carbocycles. The average Bonchev–Trinajstić information content (AvgIpc) is 2.24. The lowest BCUT2D eigenvalue weighted by Gasteiger charge is -2.29. The van der Waals surface area contributed by atoms with Gasteiger partial charge in [-0.05, 0) is 44.7 Å². The van der Waals surface area contributed by atoms with Crippen LogP contribution in [0.25, 0.3) is 0 Å². The summed E-state index contributed by atoms with van der Waals surface area (Å²) < 4.78 is 0. The molecular weight excluding hydrogens is 124 g/mol. The molecule has 3 saturated heterocycles. The summed E-state index contributed by atoms with van der Waals surface area (Å²) in [6.07, 6.45) is 5.77. The Kier molecular flexibility index (Phi) is 1.66. The number of piperidine rings is 1. The monoisotopic (exact) mass is 140 g/mol. The first kappa shape index (κ1) is 6.62. The van der Waals surface area contributed by atoms with Crippen LogP contribution in [0.3, 0.4) is 0 Å². The van der Waals surface area contributed by atoms with Gasteiger partial charge in [-0.3, -0.25) is 4.90 Å². The van der Waals surface area contributed by atoms with Gasteiger partial charge in [0.2, 0.25) is 0 Å². The smallest absolute Gasteiger partial charge is 0.0571 e. The first-order valence-electron chi connectivity index (χ1n) is 4.36. The highest BCUT2D eigenvalue weighted by Crippen LogP contribution is 2.27. The zero-order valence-electron chi connectivity index (χ0n) is 6.42. The minimum absolute atomic E-state index is 0.382. The maximum absolute atomic E-state index is 5.94. The van der Waals surface area contributed by atoms with Crippen LogP contribution >= 0.6 is 0 Å². The predicted molar refractivity (Wildman–Crippen MR) is 41.5 cm³/mol. The summed E-state index contributed by atoms with van der Waals surface area (Å²) in [6, 6.07) is 0. The minimum atomic E-state index is 0.382. The fraction of sp³-hybridized carbons (Fsp3) is 1.00. The molecule has 0 spiro atoms. The van der Waals surface area contributed by atoms with Crippen LogP contribution < -0.4 is 5.73 Å². The third kappa shape index (κ3) is 1.06. The van der Waals surface area contributed by atoms with Gasteiger partial charge in [0.25, 0.3) is 0 Å². The van der Waals surface area contributed by atoms with Gasteiger partial charge in [-0.25, -0.2) is 0 Å². The third-order valence-electron chi connectivity index (χ3n) is 2.99. The third-order valence-corrected chi connectivity index (χ3v) is 2.99. The van der Waals surface area contributed by atoms with Crippen molar-refractivity contribution in [3.8, 4) is 0 Å². The van der Waals surface area contributed by atoms with Crippen LogP contribution in [0.2, 0.25) is 0 Å². The summed E-state index contributed by atoms with van der Waals surface area (Å²) in [7, 11) is 0. The van der Waals surface area contributed by atoms with Crippen LogP contribution in [0.1, 0.15) is 25.7 Å². The highest BCUT2D eigenvalue weighted by Gasteiger charge is 2.27. The van der Waals surface area contributed by atoms with Crippen molar-refractivity contribution in [3.63, 3.8) is 0 Å². The standard InChI is InChI=1S/C8H16N2/c9-8-2-1-7-3-5-10(8)6-4-7/h7-8H,1-6,9H2. The maximum Gasteiger partial charge on any atom is 0.0571 e. The molecule has 0 aromatic carbocycles. The number of hydrogen-bond acceptors (Lipinski definition) is 2. The van der Waals surface area contributed by atoms with Gasteiger partial charge < -0.3 is 5.73 Å². The normalized spacial score (nSPS) is 47.1. The molecule has 3 fully saturated rings. The lowest BCUT2D eigenvalue weighted by Crippen LogP contribution is -2.42. The van der Waals surface area contributed by atoms with Crippen molar-refractivity contribution >= 4 is 0 Å². The lowest BCUT2D eigenvalue weighted by atomic mass is 9.96. The van der Waals surface area contributed by atoms with E-state index in [0.717, 1.165) is 5.92 Å². The van der Waals surface area contributed by atoms with E-state index in [0.29, 0.717) is 6.17 Å². The molecule has 3 heterocycles. The molecule has 3 aliphatic heterocycles. The Morgan fingerprint density at radius 2 is 1.70 bits per heavy atom. The number of hydrogen-bond donors (Lipinski definition) is 1. The Bertz CT molecular complexity index is 116. The second-order valence-electron chi connectivity index (χ2n) is 3.62. The van der Waals surface area contributed by atoms with Crippen molar-refractivity contribution < 1.29 is 0 Å². The quantitative estimate of drug-likeness (QED) is 0.538. The zero-order chi connectivity index (χ0) is 6.97. The number of nitrogens with zero attached hydrogens (tertiary/aromatic N) is 1. The maximum atomic E-state index is 5.94. The van der Waals surface area contributed by atoms with Crippen LogP contribution in [-0.4, -0.2) is 24.2 Å². The summed E-state index contributed by atoms with van der Waals surface area (Å²) in [6.45, 7) is 2.51. The van der Waals surface area contributed by atoms with E-state index in [1.165, 1.54) is 38.8 Å². The fourth-order valence-electron chi connectivity index (χ4n) is 2.16. The summed E-state index contributed by atoms with van der Waals surface area (Å²) in [5, 5.41) is 0. The molecule has 3 aliphatic rings. The van der Waals surface area contributed by atoms with E-state index in [4.69, 9.17) is 5.73 Å². The molecule has 2 N–H and O–H groups in total. The van der Waals surface area contributed by atoms with Crippen molar-refractivity contribution in [1.29, 1.82) is 0 Å². The topological polar surface area (TPSA) is 29.3 Å². The Morgan fingerprint density at radius 3 is 2.40 bits per heavy atom. The van der Waals surface area contributed by atoms with Gasteiger partial charge in [0.1, 0.15) is 0 Å². The van der Waals surface area contributed by atoms with E-state index in [1.54, 1.807) is 0 Å². The van der Waals surface area contributed by atoms with E-state index < -0.39 is 0 Å². The first-order valence-corrected chi connectivity index (χ1v) is 4.36. The molecule has 0 radical (unpaired) electrons. The molecule has 58 valence electrons.